The molecular weight excluding hydrogens is 285 g/mol. The highest BCUT2D eigenvalue weighted by molar-refractivity contribution is 5.35. The van der Waals surface area contributed by atoms with Gasteiger partial charge in [0.15, 0.2) is 17.8 Å². The first-order chi connectivity index (χ1) is 9.87. The number of nitrogens with two attached hydrogens (primary N) is 1. The maximum absolute atomic E-state index is 14.1. The highest BCUT2D eigenvalue weighted by Crippen LogP contribution is 2.45. The number of ether oxygens (including phenoxy) is 4. The van der Waals surface area contributed by atoms with Crippen LogP contribution in [0.3, 0.4) is 0 Å². The second-order valence-corrected chi connectivity index (χ2v) is 5.71. The fourth-order valence-electron chi connectivity index (χ4n) is 3.03. The molecule has 114 valence electrons. The monoisotopic (exact) mass is 299 g/mol. The number of halogens is 1. The van der Waals surface area contributed by atoms with Gasteiger partial charge in [-0.3, -0.25) is 0 Å². The summed E-state index contributed by atoms with van der Waals surface area (Å²) in [5.74, 6) is -2.44. The first kappa shape index (κ1) is 13.0. The summed E-state index contributed by atoms with van der Waals surface area (Å²) in [4.78, 5) is 15.5. The highest BCUT2D eigenvalue weighted by Gasteiger charge is 2.58. The lowest BCUT2D eigenvalue weighted by Crippen LogP contribution is -2.38. The molecule has 2 saturated heterocycles. The molecule has 0 amide bonds. The summed E-state index contributed by atoms with van der Waals surface area (Å²) < 4.78 is 37.7. The van der Waals surface area contributed by atoms with Crippen LogP contribution in [0.5, 0.6) is 5.88 Å². The number of anilines is 1. The maximum Gasteiger partial charge on any atom is 0.354 e. The van der Waals surface area contributed by atoms with Crippen molar-refractivity contribution in [2.45, 2.75) is 44.2 Å². The summed E-state index contributed by atoms with van der Waals surface area (Å²) in [5, 5.41) is 0. The molecule has 4 heterocycles. The summed E-state index contributed by atoms with van der Waals surface area (Å²) in [7, 11) is 0. The van der Waals surface area contributed by atoms with E-state index < -0.39 is 41.5 Å². The van der Waals surface area contributed by atoms with E-state index in [1.807, 2.05) is 0 Å². The van der Waals surface area contributed by atoms with Crippen LogP contribution < -0.4 is 16.2 Å². The maximum atomic E-state index is 14.1. The molecule has 0 unspecified atom stereocenters. The van der Waals surface area contributed by atoms with Crippen molar-refractivity contribution in [2.75, 3.05) is 12.3 Å². The van der Waals surface area contributed by atoms with E-state index in [4.69, 9.17) is 24.7 Å². The zero-order valence-corrected chi connectivity index (χ0v) is 11.4. The van der Waals surface area contributed by atoms with E-state index in [1.54, 1.807) is 13.8 Å². The van der Waals surface area contributed by atoms with Crippen LogP contribution in [-0.2, 0) is 14.2 Å². The van der Waals surface area contributed by atoms with E-state index in [2.05, 4.69) is 4.98 Å². The van der Waals surface area contributed by atoms with Crippen molar-refractivity contribution >= 4 is 5.82 Å². The van der Waals surface area contributed by atoms with Crippen molar-refractivity contribution in [3.8, 4) is 5.88 Å². The van der Waals surface area contributed by atoms with Crippen molar-refractivity contribution in [1.82, 2.24) is 9.55 Å². The normalized spacial score (nSPS) is 35.8. The highest BCUT2D eigenvalue weighted by atomic mass is 19.1. The first-order valence-corrected chi connectivity index (χ1v) is 6.59. The molecule has 4 rings (SSSR count). The Hall–Kier alpha value is -1.71. The molecule has 8 nitrogen and oxygen atoms in total. The Labute approximate surface area is 118 Å². The zero-order chi connectivity index (χ0) is 14.9. The molecule has 4 atom stereocenters. The van der Waals surface area contributed by atoms with Crippen LogP contribution in [0.1, 0.15) is 20.1 Å². The van der Waals surface area contributed by atoms with Crippen molar-refractivity contribution < 1.29 is 23.3 Å². The molecule has 3 aliphatic heterocycles. The quantitative estimate of drug-likeness (QED) is 0.707. The minimum absolute atomic E-state index is 0.0386. The van der Waals surface area contributed by atoms with E-state index in [-0.39, 0.29) is 18.6 Å². The van der Waals surface area contributed by atoms with Crippen LogP contribution in [0.15, 0.2) is 4.79 Å². The lowest BCUT2D eigenvalue weighted by molar-refractivity contribution is -0.195. The molecule has 3 aliphatic rings. The molecule has 2 bridgehead atoms. The van der Waals surface area contributed by atoms with Gasteiger partial charge in [-0.2, -0.15) is 9.37 Å². The molecular formula is C12H14FN3O5. The Morgan fingerprint density at radius 2 is 2.10 bits per heavy atom. The molecule has 2 N–H and O–H groups in total. The van der Waals surface area contributed by atoms with E-state index in [0.29, 0.717) is 0 Å². The molecule has 21 heavy (non-hydrogen) atoms. The predicted octanol–water partition coefficient (Wildman–Crippen LogP) is -0.225. The topological polar surface area (TPSA) is 97.8 Å². The molecule has 1 aromatic rings. The van der Waals surface area contributed by atoms with Gasteiger partial charge < -0.3 is 24.7 Å². The van der Waals surface area contributed by atoms with Gasteiger partial charge in [0.25, 0.3) is 0 Å². The molecule has 9 heteroatoms. The van der Waals surface area contributed by atoms with Gasteiger partial charge in [-0.1, -0.05) is 0 Å². The molecule has 0 aromatic carbocycles. The van der Waals surface area contributed by atoms with E-state index >= 15 is 0 Å². The van der Waals surface area contributed by atoms with Crippen LogP contribution in [0.2, 0.25) is 0 Å². The number of rotatable bonds is 0. The van der Waals surface area contributed by atoms with Crippen LogP contribution in [0.4, 0.5) is 10.2 Å². The third kappa shape index (κ3) is 1.71. The fourth-order valence-corrected chi connectivity index (χ4v) is 3.03. The zero-order valence-electron chi connectivity index (χ0n) is 11.4. The second kappa shape index (κ2) is 3.93. The SMILES string of the molecule is CC1(C)O[C@@H]2[C@H](O1)[C@H]1COc3c(F)c(N)nc(=O)n3[C@@H]2O1. The van der Waals surface area contributed by atoms with Gasteiger partial charge in [0.2, 0.25) is 11.7 Å². The smallest absolute Gasteiger partial charge is 0.354 e. The molecule has 0 radical (unpaired) electrons. The third-order valence-electron chi connectivity index (χ3n) is 3.82. The molecule has 0 saturated carbocycles. The minimum Gasteiger partial charge on any atom is -0.474 e. The number of nitrogens with zero attached hydrogens (tertiary/aromatic N) is 2. The summed E-state index contributed by atoms with van der Waals surface area (Å²) in [6, 6.07) is 0. The largest absolute Gasteiger partial charge is 0.474 e. The Bertz CT molecular complexity index is 676. The Kier molecular flexibility index (Phi) is 2.43. The van der Waals surface area contributed by atoms with Gasteiger partial charge in [-0.25, -0.2) is 9.36 Å². The van der Waals surface area contributed by atoms with Gasteiger partial charge in [0, 0.05) is 0 Å². The molecule has 0 aliphatic carbocycles. The summed E-state index contributed by atoms with van der Waals surface area (Å²) in [5.41, 5.74) is 4.62. The van der Waals surface area contributed by atoms with Crippen LogP contribution >= 0.6 is 0 Å². The van der Waals surface area contributed by atoms with Gasteiger partial charge in [-0.15, -0.1) is 0 Å². The van der Waals surface area contributed by atoms with E-state index in [0.717, 1.165) is 4.57 Å². The van der Waals surface area contributed by atoms with Crippen LogP contribution in [0, 0.1) is 5.82 Å². The number of hydrogen-bond acceptors (Lipinski definition) is 7. The molecule has 0 spiro atoms. The van der Waals surface area contributed by atoms with E-state index in [1.165, 1.54) is 0 Å². The summed E-state index contributed by atoms with van der Waals surface area (Å²) >= 11 is 0. The molecule has 1 aromatic heterocycles. The lowest BCUT2D eigenvalue weighted by atomic mass is 10.1. The molecule has 2 fully saturated rings. The Morgan fingerprint density at radius 3 is 2.86 bits per heavy atom. The summed E-state index contributed by atoms with van der Waals surface area (Å²) in [6.45, 7) is 3.57. The van der Waals surface area contributed by atoms with Crippen molar-refractivity contribution in [1.29, 1.82) is 0 Å². The summed E-state index contributed by atoms with van der Waals surface area (Å²) in [6.07, 6.45) is -2.23. The van der Waals surface area contributed by atoms with E-state index in [9.17, 15) is 9.18 Å². The Balaban J connectivity index is 1.87. The van der Waals surface area contributed by atoms with Gasteiger partial charge in [-0.05, 0) is 13.8 Å². The van der Waals surface area contributed by atoms with Gasteiger partial charge in [0.1, 0.15) is 24.9 Å². The predicted molar refractivity (Wildman–Crippen MR) is 66.1 cm³/mol. The Morgan fingerprint density at radius 1 is 1.38 bits per heavy atom. The fraction of sp³-hybridized carbons (Fsp3) is 0.667. The standard InChI is InChI=1S/C12H14FN3O5/c1-12(2)20-6-4-3-18-9-5(13)8(14)15-11(17)16(9)10(19-4)7(6)21-12/h4,6-7,10H,3H2,1-2H3,(H2,14,15,17)/t4-,6-,7-,10-/m1/s1. The minimum atomic E-state index is -0.875. The number of aromatic nitrogens is 2. The first-order valence-electron chi connectivity index (χ1n) is 6.59. The van der Waals surface area contributed by atoms with Gasteiger partial charge in [0.05, 0.1) is 0 Å². The van der Waals surface area contributed by atoms with Crippen molar-refractivity contribution in [2.24, 2.45) is 0 Å². The van der Waals surface area contributed by atoms with Gasteiger partial charge >= 0.3 is 5.69 Å². The third-order valence-corrected chi connectivity index (χ3v) is 3.82. The lowest BCUT2D eigenvalue weighted by Gasteiger charge is -2.23. The number of nitrogen functional groups attached to an aromatic ring is 1. The second-order valence-electron chi connectivity index (χ2n) is 5.71. The average molecular weight is 299 g/mol. The van der Waals surface area contributed by atoms with Crippen molar-refractivity contribution in [3.63, 3.8) is 0 Å². The average Bonchev–Trinajstić information content (AvgIpc) is 2.78. The number of fused-ring (bicyclic) bond motifs is 7. The van der Waals surface area contributed by atoms with Crippen LogP contribution in [-0.4, -0.2) is 40.3 Å². The van der Waals surface area contributed by atoms with Crippen LogP contribution in [0.25, 0.3) is 0 Å². The van der Waals surface area contributed by atoms with Crippen molar-refractivity contribution in [3.05, 3.63) is 16.3 Å². The number of hydrogen-bond donors (Lipinski definition) is 1.